The first-order chi connectivity index (χ1) is 15.3. The fourth-order valence-electron chi connectivity index (χ4n) is 2.90. The summed E-state index contributed by atoms with van der Waals surface area (Å²) in [6.45, 7) is 5.64. The van der Waals surface area contributed by atoms with Crippen molar-refractivity contribution in [2.45, 2.75) is 20.8 Å². The Morgan fingerprint density at radius 2 is 1.88 bits per heavy atom. The Hall–Kier alpha value is -4.54. The first kappa shape index (κ1) is 20.7. The molecule has 1 N–H and O–H groups in total. The highest BCUT2D eigenvalue weighted by Gasteiger charge is 2.17. The highest BCUT2D eigenvalue weighted by atomic mass is 16.6. The molecule has 162 valence electrons. The maximum Gasteiger partial charge on any atom is 0.433 e. The lowest BCUT2D eigenvalue weighted by molar-refractivity contribution is -0.402. The van der Waals surface area contributed by atoms with Crippen molar-refractivity contribution < 1.29 is 18.9 Å². The number of amides is 1. The van der Waals surface area contributed by atoms with Gasteiger partial charge in [0.15, 0.2) is 5.76 Å². The molecule has 11 heteroatoms. The monoisotopic (exact) mass is 434 g/mol. The van der Waals surface area contributed by atoms with Crippen molar-refractivity contribution in [1.29, 1.82) is 0 Å². The van der Waals surface area contributed by atoms with E-state index in [4.69, 9.17) is 9.15 Å². The first-order valence-electron chi connectivity index (χ1n) is 9.50. The molecule has 0 aliphatic heterocycles. The fourth-order valence-corrected chi connectivity index (χ4v) is 2.90. The Bertz CT molecular complexity index is 1310. The Morgan fingerprint density at radius 1 is 1.12 bits per heavy atom. The Morgan fingerprint density at radius 3 is 2.50 bits per heavy atom. The predicted octanol–water partition coefficient (Wildman–Crippen LogP) is 4.13. The van der Waals surface area contributed by atoms with Gasteiger partial charge in [0.05, 0.1) is 11.8 Å². The van der Waals surface area contributed by atoms with E-state index in [1.807, 2.05) is 18.4 Å². The maximum atomic E-state index is 12.2. The fraction of sp³-hybridized carbons (Fsp3) is 0.143. The van der Waals surface area contributed by atoms with Crippen LogP contribution < -0.4 is 10.1 Å². The molecule has 0 spiro atoms. The van der Waals surface area contributed by atoms with Crippen LogP contribution in [0.2, 0.25) is 0 Å². The molecule has 4 rings (SSSR count). The lowest BCUT2D eigenvalue weighted by Gasteiger charge is -2.10. The van der Waals surface area contributed by atoms with Crippen molar-refractivity contribution in [3.8, 4) is 17.4 Å². The van der Waals surface area contributed by atoms with Crippen LogP contribution in [-0.4, -0.2) is 30.3 Å². The number of anilines is 1. The SMILES string of the molecule is Cc1nc(Oc2ccc(NC(=O)c3ccc([N+](=O)[O-])o3)cc2)cc(-n2cnc(C)c2C)n1. The summed E-state index contributed by atoms with van der Waals surface area (Å²) in [7, 11) is 0. The summed E-state index contributed by atoms with van der Waals surface area (Å²) in [5.41, 5.74) is 2.34. The third kappa shape index (κ3) is 4.31. The second-order valence-corrected chi connectivity index (χ2v) is 6.87. The highest BCUT2D eigenvalue weighted by Crippen LogP contribution is 2.24. The third-order valence-electron chi connectivity index (χ3n) is 4.63. The van der Waals surface area contributed by atoms with Crippen LogP contribution in [0.25, 0.3) is 5.82 Å². The number of imidazole rings is 1. The summed E-state index contributed by atoms with van der Waals surface area (Å²) in [6.07, 6.45) is 1.70. The van der Waals surface area contributed by atoms with Crippen molar-refractivity contribution in [2.24, 2.45) is 0 Å². The molecular formula is C21H18N6O5. The quantitative estimate of drug-likeness (QED) is 0.353. The number of nitro groups is 1. The van der Waals surface area contributed by atoms with Gasteiger partial charge in [-0.1, -0.05) is 0 Å². The summed E-state index contributed by atoms with van der Waals surface area (Å²) >= 11 is 0. The zero-order chi connectivity index (χ0) is 22.8. The van der Waals surface area contributed by atoms with Gasteiger partial charge in [0.2, 0.25) is 5.88 Å². The minimum absolute atomic E-state index is 0.161. The molecule has 32 heavy (non-hydrogen) atoms. The normalized spacial score (nSPS) is 10.7. The Kier molecular flexibility index (Phi) is 5.37. The average Bonchev–Trinajstić information content (AvgIpc) is 3.37. The zero-order valence-electron chi connectivity index (χ0n) is 17.4. The van der Waals surface area contributed by atoms with Crippen molar-refractivity contribution >= 4 is 17.5 Å². The molecule has 0 aliphatic rings. The number of benzene rings is 1. The minimum Gasteiger partial charge on any atom is -0.439 e. The third-order valence-corrected chi connectivity index (χ3v) is 4.63. The Balaban J connectivity index is 1.47. The molecule has 11 nitrogen and oxygen atoms in total. The van der Waals surface area contributed by atoms with Crippen molar-refractivity contribution in [2.75, 3.05) is 5.32 Å². The van der Waals surface area contributed by atoms with Crippen LogP contribution in [0.15, 0.2) is 53.2 Å². The van der Waals surface area contributed by atoms with Crippen LogP contribution in [0.5, 0.6) is 11.6 Å². The summed E-state index contributed by atoms with van der Waals surface area (Å²) < 4.78 is 12.6. The van der Waals surface area contributed by atoms with Crippen molar-refractivity contribution in [1.82, 2.24) is 19.5 Å². The summed E-state index contributed by atoms with van der Waals surface area (Å²) in [6, 6.07) is 10.6. The number of hydrogen-bond donors (Lipinski definition) is 1. The number of aryl methyl sites for hydroxylation is 2. The van der Waals surface area contributed by atoms with Crippen LogP contribution >= 0.6 is 0 Å². The van der Waals surface area contributed by atoms with E-state index in [1.54, 1.807) is 43.6 Å². The number of carbonyl (C=O) groups is 1. The van der Waals surface area contributed by atoms with E-state index in [0.717, 1.165) is 17.5 Å². The van der Waals surface area contributed by atoms with E-state index in [2.05, 4.69) is 20.3 Å². The lowest BCUT2D eigenvalue weighted by atomic mass is 10.3. The molecule has 0 fully saturated rings. The van der Waals surface area contributed by atoms with E-state index in [1.165, 1.54) is 6.07 Å². The Labute approximate surface area is 181 Å². The predicted molar refractivity (Wildman–Crippen MR) is 113 cm³/mol. The van der Waals surface area contributed by atoms with Gasteiger partial charge in [0.1, 0.15) is 28.6 Å². The van der Waals surface area contributed by atoms with Crippen LogP contribution in [0.3, 0.4) is 0 Å². The summed E-state index contributed by atoms with van der Waals surface area (Å²) in [5.74, 6) is 0.776. The molecule has 0 saturated heterocycles. The zero-order valence-corrected chi connectivity index (χ0v) is 17.4. The molecule has 4 aromatic rings. The van der Waals surface area contributed by atoms with Crippen LogP contribution in [0.1, 0.15) is 27.8 Å². The van der Waals surface area contributed by atoms with Gasteiger partial charge in [0, 0.05) is 17.4 Å². The number of rotatable bonds is 6. The van der Waals surface area contributed by atoms with Gasteiger partial charge in [-0.15, -0.1) is 0 Å². The number of aromatic nitrogens is 4. The highest BCUT2D eigenvalue weighted by molar-refractivity contribution is 6.02. The topological polar surface area (TPSA) is 138 Å². The van der Waals surface area contributed by atoms with Crippen LogP contribution in [0.4, 0.5) is 11.6 Å². The number of hydrogen-bond acceptors (Lipinski definition) is 8. The summed E-state index contributed by atoms with van der Waals surface area (Å²) in [5, 5.41) is 13.3. The minimum atomic E-state index is -0.710. The number of ether oxygens (including phenoxy) is 1. The van der Waals surface area contributed by atoms with E-state index in [0.29, 0.717) is 29.0 Å². The van der Waals surface area contributed by atoms with Gasteiger partial charge in [-0.2, -0.15) is 4.98 Å². The van der Waals surface area contributed by atoms with Gasteiger partial charge >= 0.3 is 5.88 Å². The van der Waals surface area contributed by atoms with Crippen LogP contribution in [0, 0.1) is 30.9 Å². The summed E-state index contributed by atoms with van der Waals surface area (Å²) in [4.78, 5) is 35.2. The maximum absolute atomic E-state index is 12.2. The molecule has 0 saturated carbocycles. The molecule has 0 aliphatic carbocycles. The molecule has 0 unspecified atom stereocenters. The molecule has 1 aromatic carbocycles. The average molecular weight is 434 g/mol. The van der Waals surface area contributed by atoms with Gasteiger partial charge in [0.25, 0.3) is 5.91 Å². The lowest BCUT2D eigenvalue weighted by Crippen LogP contribution is -2.10. The molecule has 0 bridgehead atoms. The number of carbonyl (C=O) groups excluding carboxylic acids is 1. The van der Waals surface area contributed by atoms with Gasteiger partial charge in [-0.25, -0.2) is 9.97 Å². The largest absolute Gasteiger partial charge is 0.439 e. The van der Waals surface area contributed by atoms with E-state index < -0.39 is 16.7 Å². The van der Waals surface area contributed by atoms with E-state index >= 15 is 0 Å². The standard InChI is InChI=1S/C21H18N6O5/c1-12-13(2)26(11-22-12)18-10-19(24-14(3)23-18)31-16-6-4-15(5-7-16)25-21(28)17-8-9-20(32-17)27(29)30/h4-11H,1-3H3,(H,25,28). The molecular weight excluding hydrogens is 416 g/mol. The van der Waals surface area contributed by atoms with E-state index in [-0.39, 0.29) is 5.76 Å². The van der Waals surface area contributed by atoms with Crippen molar-refractivity contribution in [3.05, 3.63) is 81.9 Å². The van der Waals surface area contributed by atoms with Gasteiger partial charge in [-0.3, -0.25) is 19.5 Å². The molecule has 1 amide bonds. The molecule has 3 aromatic heterocycles. The van der Waals surface area contributed by atoms with Crippen LogP contribution in [-0.2, 0) is 0 Å². The van der Waals surface area contributed by atoms with Gasteiger partial charge in [-0.05, 0) is 51.1 Å². The molecule has 0 atom stereocenters. The number of furan rings is 1. The second kappa shape index (κ2) is 8.30. The number of nitrogens with zero attached hydrogens (tertiary/aromatic N) is 5. The second-order valence-electron chi connectivity index (χ2n) is 6.87. The smallest absolute Gasteiger partial charge is 0.433 e. The van der Waals surface area contributed by atoms with E-state index in [9.17, 15) is 14.9 Å². The molecule has 3 heterocycles. The van der Waals surface area contributed by atoms with Crippen molar-refractivity contribution in [3.63, 3.8) is 0 Å². The molecule has 0 radical (unpaired) electrons. The van der Waals surface area contributed by atoms with Gasteiger partial charge < -0.3 is 14.5 Å². The first-order valence-corrected chi connectivity index (χ1v) is 9.50. The number of nitrogens with one attached hydrogen (secondary N) is 1.